The molecule has 0 saturated carbocycles. The van der Waals surface area contributed by atoms with Gasteiger partial charge in [-0.3, -0.25) is 9.47 Å². The van der Waals surface area contributed by atoms with Gasteiger partial charge in [-0.05, 0) is 36.4 Å². The monoisotopic (exact) mass is 233 g/mol. The van der Waals surface area contributed by atoms with Gasteiger partial charge in [-0.25, -0.2) is 4.39 Å². The Balaban J connectivity index is 1.83. The molecule has 0 bridgehead atoms. The molecule has 1 aromatic carbocycles. The summed E-state index contributed by atoms with van der Waals surface area (Å²) in [5.41, 5.74) is 3.46. The standard InChI is InChI=1S/C12H12FN3O/c13-10-3-5-11(6-4-10)15-12(17)9-14-16-7-1-2-8-16/h1-8,14H,9H2,(H,15,17). The summed E-state index contributed by atoms with van der Waals surface area (Å²) < 4.78 is 14.3. The number of rotatable bonds is 4. The average Bonchev–Trinajstić information content (AvgIpc) is 2.83. The lowest BCUT2D eigenvalue weighted by molar-refractivity contribution is -0.114. The summed E-state index contributed by atoms with van der Waals surface area (Å²) in [5.74, 6) is -0.515. The van der Waals surface area contributed by atoms with Crippen LogP contribution in [0.25, 0.3) is 0 Å². The van der Waals surface area contributed by atoms with Gasteiger partial charge in [0.1, 0.15) is 12.4 Å². The van der Waals surface area contributed by atoms with E-state index >= 15 is 0 Å². The molecular formula is C12H12FN3O. The van der Waals surface area contributed by atoms with Crippen LogP contribution >= 0.6 is 0 Å². The fourth-order valence-electron chi connectivity index (χ4n) is 1.34. The SMILES string of the molecule is O=C(CNn1cccc1)Nc1ccc(F)cc1. The quantitative estimate of drug-likeness (QED) is 0.846. The lowest BCUT2D eigenvalue weighted by atomic mass is 10.3. The third-order valence-corrected chi connectivity index (χ3v) is 2.15. The van der Waals surface area contributed by atoms with Crippen LogP contribution < -0.4 is 10.7 Å². The van der Waals surface area contributed by atoms with E-state index in [1.54, 1.807) is 17.1 Å². The minimum atomic E-state index is -0.325. The zero-order valence-corrected chi connectivity index (χ0v) is 9.06. The molecule has 2 rings (SSSR count). The van der Waals surface area contributed by atoms with Crippen LogP contribution in [-0.2, 0) is 4.79 Å². The van der Waals surface area contributed by atoms with Crippen molar-refractivity contribution in [2.75, 3.05) is 17.3 Å². The Morgan fingerprint density at radius 2 is 1.82 bits per heavy atom. The Bertz CT molecular complexity index is 479. The second-order valence-electron chi connectivity index (χ2n) is 3.48. The summed E-state index contributed by atoms with van der Waals surface area (Å²) in [7, 11) is 0. The van der Waals surface area contributed by atoms with Crippen molar-refractivity contribution < 1.29 is 9.18 Å². The van der Waals surface area contributed by atoms with Crippen LogP contribution in [0.5, 0.6) is 0 Å². The fourth-order valence-corrected chi connectivity index (χ4v) is 1.34. The third kappa shape index (κ3) is 3.34. The first kappa shape index (κ1) is 11.2. The van der Waals surface area contributed by atoms with E-state index in [1.165, 1.54) is 24.3 Å². The van der Waals surface area contributed by atoms with Gasteiger partial charge >= 0.3 is 0 Å². The van der Waals surface area contributed by atoms with Gasteiger partial charge in [-0.2, -0.15) is 0 Å². The van der Waals surface area contributed by atoms with Gasteiger partial charge in [0.2, 0.25) is 5.91 Å². The maximum atomic E-state index is 12.6. The van der Waals surface area contributed by atoms with Crippen molar-refractivity contribution in [2.24, 2.45) is 0 Å². The molecule has 0 fully saturated rings. The van der Waals surface area contributed by atoms with Crippen molar-refractivity contribution in [3.63, 3.8) is 0 Å². The summed E-state index contributed by atoms with van der Waals surface area (Å²) >= 11 is 0. The Kier molecular flexibility index (Phi) is 3.40. The topological polar surface area (TPSA) is 46.1 Å². The van der Waals surface area contributed by atoms with Gasteiger partial charge in [0.05, 0.1) is 0 Å². The molecular weight excluding hydrogens is 221 g/mol. The Hall–Kier alpha value is -2.30. The van der Waals surface area contributed by atoms with E-state index in [9.17, 15) is 9.18 Å². The van der Waals surface area contributed by atoms with E-state index in [0.29, 0.717) is 5.69 Å². The minimum absolute atomic E-state index is 0.145. The van der Waals surface area contributed by atoms with Crippen LogP contribution in [0.2, 0.25) is 0 Å². The van der Waals surface area contributed by atoms with Crippen LogP contribution in [0, 0.1) is 5.82 Å². The van der Waals surface area contributed by atoms with Gasteiger partial charge in [0, 0.05) is 18.1 Å². The first-order valence-corrected chi connectivity index (χ1v) is 5.16. The van der Waals surface area contributed by atoms with Crippen molar-refractivity contribution in [3.8, 4) is 0 Å². The molecule has 0 aliphatic carbocycles. The smallest absolute Gasteiger partial charge is 0.245 e. The van der Waals surface area contributed by atoms with E-state index in [4.69, 9.17) is 0 Å². The molecule has 0 aliphatic rings. The molecule has 0 unspecified atom stereocenters. The predicted molar refractivity (Wildman–Crippen MR) is 63.7 cm³/mol. The van der Waals surface area contributed by atoms with Gasteiger partial charge in [-0.1, -0.05) is 0 Å². The van der Waals surface area contributed by atoms with E-state index in [0.717, 1.165) is 0 Å². The van der Waals surface area contributed by atoms with Crippen LogP contribution in [0.15, 0.2) is 48.8 Å². The number of benzene rings is 1. The van der Waals surface area contributed by atoms with E-state index in [2.05, 4.69) is 10.7 Å². The molecule has 0 radical (unpaired) electrons. The molecule has 1 amide bonds. The van der Waals surface area contributed by atoms with Crippen molar-refractivity contribution in [2.45, 2.75) is 0 Å². The molecule has 0 atom stereocenters. The van der Waals surface area contributed by atoms with E-state index in [-0.39, 0.29) is 18.3 Å². The maximum absolute atomic E-state index is 12.6. The molecule has 1 aromatic heterocycles. The summed E-state index contributed by atoms with van der Waals surface area (Å²) in [6.07, 6.45) is 3.59. The highest BCUT2D eigenvalue weighted by atomic mass is 19.1. The van der Waals surface area contributed by atoms with Crippen LogP contribution in [-0.4, -0.2) is 17.1 Å². The number of nitrogens with one attached hydrogen (secondary N) is 2. The zero-order chi connectivity index (χ0) is 12.1. The number of carbonyl (C=O) groups excluding carboxylic acids is 1. The van der Waals surface area contributed by atoms with E-state index in [1.807, 2.05) is 12.1 Å². The number of hydrogen-bond donors (Lipinski definition) is 2. The molecule has 0 saturated heterocycles. The van der Waals surface area contributed by atoms with Gasteiger partial charge in [0.15, 0.2) is 0 Å². The predicted octanol–water partition coefficient (Wildman–Crippen LogP) is 1.81. The lowest BCUT2D eigenvalue weighted by Gasteiger charge is -2.08. The summed E-state index contributed by atoms with van der Waals surface area (Å²) in [6.45, 7) is 0.145. The average molecular weight is 233 g/mol. The molecule has 0 aliphatic heterocycles. The number of carbonyl (C=O) groups is 1. The highest BCUT2D eigenvalue weighted by Gasteiger charge is 2.01. The second-order valence-corrected chi connectivity index (χ2v) is 3.48. The molecule has 2 N–H and O–H groups in total. The van der Waals surface area contributed by atoms with Crippen molar-refractivity contribution >= 4 is 11.6 Å². The highest BCUT2D eigenvalue weighted by Crippen LogP contribution is 2.07. The van der Waals surface area contributed by atoms with Gasteiger partial charge in [-0.15, -0.1) is 0 Å². The summed E-state index contributed by atoms with van der Waals surface area (Å²) in [6, 6.07) is 9.34. The molecule has 1 heterocycles. The molecule has 0 spiro atoms. The van der Waals surface area contributed by atoms with Crippen LogP contribution in [0.1, 0.15) is 0 Å². The molecule has 4 nitrogen and oxygen atoms in total. The normalized spacial score (nSPS) is 9.94. The number of halogens is 1. The first-order chi connectivity index (χ1) is 8.24. The largest absolute Gasteiger partial charge is 0.325 e. The Morgan fingerprint density at radius 3 is 2.47 bits per heavy atom. The van der Waals surface area contributed by atoms with Crippen molar-refractivity contribution in [1.29, 1.82) is 0 Å². The lowest BCUT2D eigenvalue weighted by Crippen LogP contribution is -2.26. The third-order valence-electron chi connectivity index (χ3n) is 2.15. The molecule has 17 heavy (non-hydrogen) atoms. The fraction of sp³-hybridized carbons (Fsp3) is 0.0833. The highest BCUT2D eigenvalue weighted by molar-refractivity contribution is 5.92. The number of amides is 1. The first-order valence-electron chi connectivity index (χ1n) is 5.16. The molecule has 2 aromatic rings. The van der Waals surface area contributed by atoms with E-state index < -0.39 is 0 Å². The number of hydrogen-bond acceptors (Lipinski definition) is 2. The number of nitrogens with zero attached hydrogens (tertiary/aromatic N) is 1. The van der Waals surface area contributed by atoms with Gasteiger partial charge in [0.25, 0.3) is 0 Å². The summed E-state index contributed by atoms with van der Waals surface area (Å²) in [5, 5.41) is 2.65. The van der Waals surface area contributed by atoms with Crippen molar-refractivity contribution in [1.82, 2.24) is 4.68 Å². The minimum Gasteiger partial charge on any atom is -0.325 e. The second kappa shape index (κ2) is 5.16. The maximum Gasteiger partial charge on any atom is 0.245 e. The Morgan fingerprint density at radius 1 is 1.18 bits per heavy atom. The zero-order valence-electron chi connectivity index (χ0n) is 9.06. The van der Waals surface area contributed by atoms with Gasteiger partial charge < -0.3 is 10.7 Å². The summed E-state index contributed by atoms with van der Waals surface area (Å²) in [4.78, 5) is 11.5. The van der Waals surface area contributed by atoms with Crippen molar-refractivity contribution in [3.05, 3.63) is 54.6 Å². The molecule has 88 valence electrons. The number of anilines is 1. The van der Waals surface area contributed by atoms with Crippen LogP contribution in [0.3, 0.4) is 0 Å². The molecule has 5 heteroatoms. The Labute approximate surface area is 98.0 Å². The number of aromatic nitrogens is 1. The van der Waals surface area contributed by atoms with Crippen LogP contribution in [0.4, 0.5) is 10.1 Å².